The third kappa shape index (κ3) is 4.88. The smallest absolute Gasteiger partial charge is 0.248 e. The van der Waals surface area contributed by atoms with E-state index in [1.54, 1.807) is 6.07 Å². The zero-order chi connectivity index (χ0) is 18.4. The average Bonchev–Trinajstić information content (AvgIpc) is 2.61. The quantitative estimate of drug-likeness (QED) is 0.771. The number of halogens is 1. The highest BCUT2D eigenvalue weighted by Crippen LogP contribution is 2.25. The average molecular weight is 364 g/mol. The van der Waals surface area contributed by atoms with Gasteiger partial charge in [-0.15, -0.1) is 0 Å². The van der Waals surface area contributed by atoms with Crippen LogP contribution in [-0.2, 0) is 14.8 Å². The summed E-state index contributed by atoms with van der Waals surface area (Å²) in [6, 6.07) is 9.86. The van der Waals surface area contributed by atoms with Crippen LogP contribution in [0.3, 0.4) is 0 Å². The normalized spacial score (nSPS) is 11.5. The molecule has 0 saturated carbocycles. The van der Waals surface area contributed by atoms with Crippen molar-refractivity contribution >= 4 is 27.7 Å². The Hall–Kier alpha value is -2.71. The van der Waals surface area contributed by atoms with Crippen molar-refractivity contribution in [1.82, 2.24) is 4.72 Å². The van der Waals surface area contributed by atoms with Gasteiger partial charge in [0.05, 0.1) is 7.11 Å². The molecule has 0 heterocycles. The first kappa shape index (κ1) is 18.6. The number of anilines is 1. The maximum absolute atomic E-state index is 12.8. The molecular weight excluding hydrogens is 347 g/mol. The molecule has 8 heteroatoms. The van der Waals surface area contributed by atoms with Crippen LogP contribution >= 0.6 is 0 Å². The molecule has 0 atom stereocenters. The van der Waals surface area contributed by atoms with Gasteiger partial charge in [-0.1, -0.05) is 6.07 Å². The molecule has 1 amide bonds. The van der Waals surface area contributed by atoms with E-state index >= 15 is 0 Å². The number of amides is 1. The SMILES string of the molecule is CNS(=O)(=O)c1cc(/C=C/C(=O)Nc2ccc(F)cc2)ccc1OC. The molecule has 0 aliphatic heterocycles. The zero-order valence-electron chi connectivity index (χ0n) is 13.6. The monoisotopic (exact) mass is 364 g/mol. The van der Waals surface area contributed by atoms with E-state index in [9.17, 15) is 17.6 Å². The number of hydrogen-bond donors (Lipinski definition) is 2. The molecule has 0 fully saturated rings. The highest BCUT2D eigenvalue weighted by atomic mass is 32.2. The molecule has 2 aromatic carbocycles. The van der Waals surface area contributed by atoms with E-state index < -0.39 is 21.7 Å². The van der Waals surface area contributed by atoms with Gasteiger partial charge < -0.3 is 10.1 Å². The largest absolute Gasteiger partial charge is 0.495 e. The fourth-order valence-corrected chi connectivity index (χ4v) is 2.93. The second kappa shape index (κ2) is 7.91. The first-order valence-electron chi connectivity index (χ1n) is 7.22. The molecule has 0 bridgehead atoms. The van der Waals surface area contributed by atoms with Crippen molar-refractivity contribution in [2.45, 2.75) is 4.90 Å². The van der Waals surface area contributed by atoms with Crippen molar-refractivity contribution < 1.29 is 22.3 Å². The maximum Gasteiger partial charge on any atom is 0.248 e. The van der Waals surface area contributed by atoms with E-state index in [4.69, 9.17) is 4.74 Å². The lowest BCUT2D eigenvalue weighted by Crippen LogP contribution is -2.19. The van der Waals surface area contributed by atoms with E-state index in [0.29, 0.717) is 11.3 Å². The summed E-state index contributed by atoms with van der Waals surface area (Å²) in [5, 5.41) is 2.57. The molecule has 2 rings (SSSR count). The second-order valence-corrected chi connectivity index (χ2v) is 6.80. The molecule has 2 aromatic rings. The van der Waals surface area contributed by atoms with Crippen LogP contribution in [0.15, 0.2) is 53.4 Å². The van der Waals surface area contributed by atoms with Gasteiger partial charge >= 0.3 is 0 Å². The molecule has 0 radical (unpaired) electrons. The predicted molar refractivity (Wildman–Crippen MR) is 93.3 cm³/mol. The van der Waals surface area contributed by atoms with Gasteiger partial charge in [-0.3, -0.25) is 4.79 Å². The van der Waals surface area contributed by atoms with Crippen LogP contribution in [0.2, 0.25) is 0 Å². The Morgan fingerprint density at radius 1 is 1.16 bits per heavy atom. The first-order valence-corrected chi connectivity index (χ1v) is 8.70. The third-order valence-corrected chi connectivity index (χ3v) is 4.72. The highest BCUT2D eigenvalue weighted by Gasteiger charge is 2.17. The van der Waals surface area contributed by atoms with E-state index in [1.807, 2.05) is 0 Å². The highest BCUT2D eigenvalue weighted by molar-refractivity contribution is 7.89. The number of nitrogens with one attached hydrogen (secondary N) is 2. The van der Waals surface area contributed by atoms with Gasteiger partial charge in [0.2, 0.25) is 15.9 Å². The van der Waals surface area contributed by atoms with E-state index in [1.165, 1.54) is 62.7 Å². The van der Waals surface area contributed by atoms with Gasteiger partial charge in [-0.25, -0.2) is 17.5 Å². The maximum atomic E-state index is 12.8. The van der Waals surface area contributed by atoms with Crippen LogP contribution in [0, 0.1) is 5.82 Å². The standard InChI is InChI=1S/C17H17FN2O4S/c1-19-25(22,23)16-11-12(3-9-15(16)24-2)4-10-17(21)20-14-7-5-13(18)6-8-14/h3-11,19H,1-2H3,(H,20,21)/b10-4+. The van der Waals surface area contributed by atoms with Crippen LogP contribution < -0.4 is 14.8 Å². The molecule has 0 aliphatic rings. The van der Waals surface area contributed by atoms with Gasteiger partial charge in [-0.2, -0.15) is 0 Å². The molecule has 0 unspecified atom stereocenters. The Morgan fingerprint density at radius 3 is 2.44 bits per heavy atom. The van der Waals surface area contributed by atoms with E-state index in [2.05, 4.69) is 10.0 Å². The molecule has 25 heavy (non-hydrogen) atoms. The summed E-state index contributed by atoms with van der Waals surface area (Å²) in [6.07, 6.45) is 2.72. The minimum absolute atomic E-state index is 0.0291. The molecule has 0 spiro atoms. The second-order valence-electron chi connectivity index (χ2n) is 4.95. The molecule has 0 aliphatic carbocycles. The fraction of sp³-hybridized carbons (Fsp3) is 0.118. The number of carbonyl (C=O) groups excluding carboxylic acids is 1. The first-order chi connectivity index (χ1) is 11.9. The number of carbonyl (C=O) groups is 1. The number of sulfonamides is 1. The van der Waals surface area contributed by atoms with Crippen LogP contribution in [0.25, 0.3) is 6.08 Å². The number of ether oxygens (including phenoxy) is 1. The zero-order valence-corrected chi connectivity index (χ0v) is 14.4. The summed E-state index contributed by atoms with van der Waals surface area (Å²) in [5.41, 5.74) is 0.952. The van der Waals surface area contributed by atoms with Crippen molar-refractivity contribution in [2.24, 2.45) is 0 Å². The van der Waals surface area contributed by atoms with Gasteiger partial charge in [-0.05, 0) is 55.1 Å². The Balaban J connectivity index is 2.19. The third-order valence-electron chi connectivity index (χ3n) is 3.28. The van der Waals surface area contributed by atoms with Crippen molar-refractivity contribution in [3.8, 4) is 5.75 Å². The van der Waals surface area contributed by atoms with Gasteiger partial charge in [0.25, 0.3) is 0 Å². The van der Waals surface area contributed by atoms with Crippen molar-refractivity contribution in [1.29, 1.82) is 0 Å². The predicted octanol–water partition coefficient (Wildman–Crippen LogP) is 2.39. The Kier molecular flexibility index (Phi) is 5.89. The van der Waals surface area contributed by atoms with Crippen molar-refractivity contribution in [2.75, 3.05) is 19.5 Å². The summed E-state index contributed by atoms with van der Waals surface area (Å²) < 4.78 is 44.1. The Labute approximate surface area is 145 Å². The Morgan fingerprint density at radius 2 is 1.84 bits per heavy atom. The lowest BCUT2D eigenvalue weighted by atomic mass is 10.2. The minimum atomic E-state index is -3.70. The molecular formula is C17H17FN2O4S. The molecule has 6 nitrogen and oxygen atoms in total. The summed E-state index contributed by atoms with van der Waals surface area (Å²) in [4.78, 5) is 11.9. The minimum Gasteiger partial charge on any atom is -0.495 e. The van der Waals surface area contributed by atoms with E-state index in [-0.39, 0.29) is 10.6 Å². The van der Waals surface area contributed by atoms with Gasteiger partial charge in [0, 0.05) is 11.8 Å². The van der Waals surface area contributed by atoms with Gasteiger partial charge in [0.1, 0.15) is 16.5 Å². The number of rotatable bonds is 6. The summed E-state index contributed by atoms with van der Waals surface area (Å²) in [5.74, 6) is -0.632. The van der Waals surface area contributed by atoms with Crippen LogP contribution in [-0.4, -0.2) is 28.5 Å². The van der Waals surface area contributed by atoms with Crippen molar-refractivity contribution in [3.63, 3.8) is 0 Å². The van der Waals surface area contributed by atoms with Crippen LogP contribution in [0.5, 0.6) is 5.75 Å². The molecule has 0 aromatic heterocycles. The lowest BCUT2D eigenvalue weighted by Gasteiger charge is -2.09. The molecule has 2 N–H and O–H groups in total. The molecule has 132 valence electrons. The van der Waals surface area contributed by atoms with Crippen LogP contribution in [0.4, 0.5) is 10.1 Å². The fourth-order valence-electron chi connectivity index (χ4n) is 2.01. The molecule has 0 saturated heterocycles. The number of benzene rings is 2. The van der Waals surface area contributed by atoms with Gasteiger partial charge in [0.15, 0.2) is 0 Å². The van der Waals surface area contributed by atoms with E-state index in [0.717, 1.165) is 0 Å². The van der Waals surface area contributed by atoms with Crippen LogP contribution in [0.1, 0.15) is 5.56 Å². The lowest BCUT2D eigenvalue weighted by molar-refractivity contribution is -0.111. The summed E-state index contributed by atoms with van der Waals surface area (Å²) in [6.45, 7) is 0. The summed E-state index contributed by atoms with van der Waals surface area (Å²) in [7, 11) is -1.03. The topological polar surface area (TPSA) is 84.5 Å². The summed E-state index contributed by atoms with van der Waals surface area (Å²) >= 11 is 0. The number of methoxy groups -OCH3 is 1. The Bertz CT molecular complexity index is 893. The van der Waals surface area contributed by atoms with Crippen molar-refractivity contribution in [3.05, 3.63) is 59.9 Å². The number of hydrogen-bond acceptors (Lipinski definition) is 4.